The highest BCUT2D eigenvalue weighted by Crippen LogP contribution is 2.27. The van der Waals surface area contributed by atoms with E-state index in [-0.39, 0.29) is 11.5 Å². The Morgan fingerprint density at radius 2 is 2.00 bits per heavy atom. The van der Waals surface area contributed by atoms with Crippen molar-refractivity contribution in [1.29, 1.82) is 0 Å². The lowest BCUT2D eigenvalue weighted by Crippen LogP contribution is -2.43. The van der Waals surface area contributed by atoms with Crippen LogP contribution in [-0.2, 0) is 10.0 Å². The van der Waals surface area contributed by atoms with Crippen LogP contribution in [0.3, 0.4) is 0 Å². The van der Waals surface area contributed by atoms with Crippen molar-refractivity contribution in [2.75, 3.05) is 13.1 Å². The van der Waals surface area contributed by atoms with E-state index in [9.17, 15) is 13.2 Å². The molecular formula is C27H30N2O4S. The van der Waals surface area contributed by atoms with E-state index < -0.39 is 21.2 Å². The quantitative estimate of drug-likeness (QED) is 0.540. The fourth-order valence-corrected chi connectivity index (χ4v) is 5.56. The second-order valence-corrected chi connectivity index (χ2v) is 10.3. The van der Waals surface area contributed by atoms with Crippen LogP contribution < -0.4 is 5.32 Å². The van der Waals surface area contributed by atoms with E-state index in [0.29, 0.717) is 25.9 Å². The molecule has 0 saturated carbocycles. The summed E-state index contributed by atoms with van der Waals surface area (Å²) in [5.74, 6) is 4.92. The van der Waals surface area contributed by atoms with Crippen LogP contribution in [0.25, 0.3) is 12.2 Å². The van der Waals surface area contributed by atoms with Gasteiger partial charge in [0.1, 0.15) is 0 Å². The van der Waals surface area contributed by atoms with Gasteiger partial charge in [0, 0.05) is 30.9 Å². The molecule has 1 heterocycles. The highest BCUT2D eigenvalue weighted by Gasteiger charge is 2.33. The molecule has 2 aliphatic rings. The zero-order valence-corrected chi connectivity index (χ0v) is 20.3. The molecule has 1 fully saturated rings. The van der Waals surface area contributed by atoms with Crippen molar-refractivity contribution in [3.8, 4) is 11.8 Å². The summed E-state index contributed by atoms with van der Waals surface area (Å²) in [7, 11) is -3.52. The van der Waals surface area contributed by atoms with Crippen LogP contribution in [0.1, 0.15) is 48.2 Å². The minimum Gasteiger partial charge on any atom is -0.478 e. The highest BCUT2D eigenvalue weighted by atomic mass is 32.2. The molecule has 34 heavy (non-hydrogen) atoms. The van der Waals surface area contributed by atoms with Crippen LogP contribution in [0.4, 0.5) is 0 Å². The number of rotatable bonds is 8. The van der Waals surface area contributed by atoms with E-state index in [1.807, 2.05) is 32.2 Å². The van der Waals surface area contributed by atoms with Crippen LogP contribution in [0.2, 0.25) is 0 Å². The molecule has 7 heteroatoms. The van der Waals surface area contributed by atoms with E-state index in [1.165, 1.54) is 0 Å². The summed E-state index contributed by atoms with van der Waals surface area (Å²) in [4.78, 5) is 11.2. The van der Waals surface area contributed by atoms with Crippen LogP contribution in [0.15, 0.2) is 66.6 Å². The third kappa shape index (κ3) is 5.96. The van der Waals surface area contributed by atoms with Gasteiger partial charge in [-0.2, -0.15) is 0 Å². The maximum atomic E-state index is 13.1. The van der Waals surface area contributed by atoms with E-state index in [2.05, 4.69) is 23.7 Å². The predicted molar refractivity (Wildman–Crippen MR) is 137 cm³/mol. The number of aromatic carboxylic acids is 1. The minimum absolute atomic E-state index is 0.215. The van der Waals surface area contributed by atoms with Crippen molar-refractivity contribution in [2.45, 2.75) is 31.9 Å². The van der Waals surface area contributed by atoms with Crippen LogP contribution in [0.5, 0.6) is 0 Å². The minimum atomic E-state index is -3.52. The Labute approximate surface area is 202 Å². The number of nitrogens with one attached hydrogen (secondary N) is 1. The molecule has 0 bridgehead atoms. The van der Waals surface area contributed by atoms with Gasteiger partial charge in [-0.1, -0.05) is 48.8 Å². The summed E-state index contributed by atoms with van der Waals surface area (Å²) < 4.78 is 27.7. The second-order valence-electron chi connectivity index (χ2n) is 8.25. The maximum Gasteiger partial charge on any atom is 0.335 e. The summed E-state index contributed by atoms with van der Waals surface area (Å²) in [6.45, 7) is 8.52. The van der Waals surface area contributed by atoms with Gasteiger partial charge in [-0.3, -0.25) is 0 Å². The molecule has 0 radical (unpaired) electrons. The lowest BCUT2D eigenvalue weighted by molar-refractivity contribution is 0.0697. The van der Waals surface area contributed by atoms with Gasteiger partial charge in [0.15, 0.2) is 5.25 Å². The summed E-state index contributed by atoms with van der Waals surface area (Å²) in [6, 6.07) is 4.90. The maximum absolute atomic E-state index is 13.1. The van der Waals surface area contributed by atoms with Gasteiger partial charge in [-0.25, -0.2) is 17.5 Å². The van der Waals surface area contributed by atoms with Crippen molar-refractivity contribution < 1.29 is 18.3 Å². The number of carboxylic acids is 1. The van der Waals surface area contributed by atoms with E-state index in [0.717, 1.165) is 22.4 Å². The smallest absolute Gasteiger partial charge is 0.335 e. The van der Waals surface area contributed by atoms with Crippen molar-refractivity contribution in [2.24, 2.45) is 5.92 Å². The van der Waals surface area contributed by atoms with Crippen LogP contribution in [-0.4, -0.2) is 42.1 Å². The van der Waals surface area contributed by atoms with E-state index in [4.69, 9.17) is 5.11 Å². The topological polar surface area (TPSA) is 86.7 Å². The average molecular weight is 479 g/mol. The molecule has 0 spiro atoms. The number of hydrogen-bond donors (Lipinski definition) is 2. The number of sulfonamides is 1. The first-order chi connectivity index (χ1) is 16.3. The standard InChI is InChI=1S/C27H30N2O4S/c1-4-21-19-24(27(30)31)11-10-22(21)13-16-28-26(5-2)23-14-17-29(18-15-23)34(32,33)25-8-6-7-20(3)9-12-25/h4-5,7,9-13,16,19,23,25,28H,1,14-15,17-18H2,2-3H3,(H,30,31)/b16-13+,26-5+. The number of nitrogens with zero attached hydrogens (tertiary/aromatic N) is 1. The molecule has 6 nitrogen and oxygen atoms in total. The Bertz CT molecular complexity index is 1230. The van der Waals surface area contributed by atoms with Crippen LogP contribution >= 0.6 is 0 Å². The molecule has 178 valence electrons. The predicted octanol–water partition coefficient (Wildman–Crippen LogP) is 4.42. The SMILES string of the molecule is C=Cc1cc(C(=O)O)ccc1/C=C/N/C(=C/C)C1CCN(S(=O)(=O)C2C#CC=C(C)C=C2)CC1. The molecule has 1 aromatic rings. The zero-order chi connectivity index (χ0) is 24.7. The number of hydrogen-bond acceptors (Lipinski definition) is 4. The number of piperidine rings is 1. The zero-order valence-electron chi connectivity index (χ0n) is 19.5. The molecule has 0 aromatic heterocycles. The largest absolute Gasteiger partial charge is 0.478 e. The van der Waals surface area contributed by atoms with Crippen molar-refractivity contribution in [3.63, 3.8) is 0 Å². The molecule has 1 atom stereocenters. The molecule has 1 saturated heterocycles. The molecule has 1 aliphatic carbocycles. The first-order valence-corrected chi connectivity index (χ1v) is 12.7. The second kappa shape index (κ2) is 11.2. The highest BCUT2D eigenvalue weighted by molar-refractivity contribution is 7.90. The molecule has 2 N–H and O–H groups in total. The average Bonchev–Trinajstić information content (AvgIpc) is 3.06. The first-order valence-electron chi connectivity index (χ1n) is 11.2. The van der Waals surface area contributed by atoms with E-state index in [1.54, 1.807) is 46.8 Å². The number of carboxylic acid groups (broad SMARTS) is 1. The third-order valence-electron chi connectivity index (χ3n) is 6.01. The molecule has 1 aliphatic heterocycles. The summed E-state index contributed by atoms with van der Waals surface area (Å²) in [6.07, 6.45) is 14.0. The summed E-state index contributed by atoms with van der Waals surface area (Å²) in [5.41, 5.74) is 3.78. The summed E-state index contributed by atoms with van der Waals surface area (Å²) >= 11 is 0. The molecule has 0 amide bonds. The van der Waals surface area contributed by atoms with Crippen LogP contribution in [0, 0.1) is 17.8 Å². The Balaban J connectivity index is 1.61. The Morgan fingerprint density at radius 1 is 1.26 bits per heavy atom. The van der Waals surface area contributed by atoms with Gasteiger partial charge >= 0.3 is 5.97 Å². The number of carbonyl (C=O) groups is 1. The van der Waals surface area contributed by atoms with Gasteiger partial charge in [-0.15, -0.1) is 0 Å². The lowest BCUT2D eigenvalue weighted by Gasteiger charge is -2.33. The lowest BCUT2D eigenvalue weighted by atomic mass is 9.94. The molecular weight excluding hydrogens is 448 g/mol. The molecule has 3 rings (SSSR count). The molecule has 1 aromatic carbocycles. The monoisotopic (exact) mass is 478 g/mol. The first kappa shape index (κ1) is 25.3. The Hall–Kier alpha value is -3.34. The fourth-order valence-electron chi connectivity index (χ4n) is 4.03. The van der Waals surface area contributed by atoms with Crippen molar-refractivity contribution >= 4 is 28.1 Å². The van der Waals surface area contributed by atoms with Gasteiger partial charge in [-0.05, 0) is 67.7 Å². The van der Waals surface area contributed by atoms with E-state index >= 15 is 0 Å². The van der Waals surface area contributed by atoms with Gasteiger partial charge < -0.3 is 10.4 Å². The molecule has 1 unspecified atom stereocenters. The summed E-state index contributed by atoms with van der Waals surface area (Å²) in [5, 5.41) is 11.7. The Morgan fingerprint density at radius 3 is 2.65 bits per heavy atom. The third-order valence-corrected chi connectivity index (χ3v) is 8.01. The number of benzene rings is 1. The van der Waals surface area contributed by atoms with Crippen molar-refractivity contribution in [1.82, 2.24) is 9.62 Å². The normalized spacial score (nSPS) is 19.8. The van der Waals surface area contributed by atoms with Gasteiger partial charge in [0.05, 0.1) is 5.56 Å². The van der Waals surface area contributed by atoms with Gasteiger partial charge in [0.25, 0.3) is 0 Å². The Kier molecular flexibility index (Phi) is 8.32. The van der Waals surface area contributed by atoms with Crippen molar-refractivity contribution in [3.05, 3.63) is 83.2 Å². The number of allylic oxidation sites excluding steroid dienone is 5. The van der Waals surface area contributed by atoms with Gasteiger partial charge in [0.2, 0.25) is 10.0 Å². The fraction of sp³-hybridized carbons (Fsp3) is 0.296.